The number of esters is 1. The van der Waals surface area contributed by atoms with Crippen molar-refractivity contribution in [1.29, 1.82) is 0 Å². The van der Waals surface area contributed by atoms with Gasteiger partial charge in [0.05, 0.1) is 12.7 Å². The molecule has 1 aromatic rings. The van der Waals surface area contributed by atoms with E-state index in [0.717, 1.165) is 19.3 Å². The average Bonchev–Trinajstić information content (AvgIpc) is 3.02. The summed E-state index contributed by atoms with van der Waals surface area (Å²) < 4.78 is 15.0. The maximum atomic E-state index is 11.5. The number of carbonyl (C=O) groups is 1. The number of hydrogen-bond acceptors (Lipinski definition) is 6. The van der Waals surface area contributed by atoms with Gasteiger partial charge < -0.3 is 14.0 Å². The summed E-state index contributed by atoms with van der Waals surface area (Å²) in [6, 6.07) is 0. The van der Waals surface area contributed by atoms with Crippen molar-refractivity contribution in [3.63, 3.8) is 0 Å². The molecule has 0 saturated heterocycles. The first-order valence-corrected chi connectivity index (χ1v) is 8.26. The van der Waals surface area contributed by atoms with Crippen molar-refractivity contribution in [2.75, 3.05) is 14.2 Å². The van der Waals surface area contributed by atoms with Crippen LogP contribution in [0.2, 0.25) is 0 Å². The number of ether oxygens (including phenoxy) is 2. The van der Waals surface area contributed by atoms with E-state index < -0.39 is 12.1 Å². The van der Waals surface area contributed by atoms with Crippen LogP contribution in [-0.2, 0) is 20.7 Å². The number of nitrogens with zero attached hydrogens (tertiary/aromatic N) is 2. The summed E-state index contributed by atoms with van der Waals surface area (Å²) in [6.07, 6.45) is 8.61. The van der Waals surface area contributed by atoms with Crippen molar-refractivity contribution >= 4 is 5.97 Å². The van der Waals surface area contributed by atoms with Gasteiger partial charge >= 0.3 is 5.97 Å². The zero-order valence-electron chi connectivity index (χ0n) is 14.5. The van der Waals surface area contributed by atoms with E-state index in [1.807, 2.05) is 0 Å². The number of carbonyl (C=O) groups excluding carboxylic acids is 1. The third kappa shape index (κ3) is 6.52. The Morgan fingerprint density at radius 1 is 1.17 bits per heavy atom. The largest absolute Gasteiger partial charge is 0.466 e. The molecule has 1 rings (SSSR count). The van der Waals surface area contributed by atoms with Crippen LogP contribution in [0.3, 0.4) is 0 Å². The summed E-state index contributed by atoms with van der Waals surface area (Å²) in [5.74, 6) is 0.317. The molecular weight excluding hydrogens is 296 g/mol. The summed E-state index contributed by atoms with van der Waals surface area (Å²) in [6.45, 7) is 5.88. The van der Waals surface area contributed by atoms with E-state index in [-0.39, 0.29) is 11.5 Å². The van der Waals surface area contributed by atoms with Crippen LogP contribution in [0, 0.1) is 0 Å². The van der Waals surface area contributed by atoms with Gasteiger partial charge in [0.15, 0.2) is 11.9 Å². The Morgan fingerprint density at radius 3 is 2.43 bits per heavy atom. The highest BCUT2D eigenvalue weighted by Crippen LogP contribution is 2.23. The van der Waals surface area contributed by atoms with Gasteiger partial charge in [-0.2, -0.15) is 4.98 Å². The van der Waals surface area contributed by atoms with Crippen LogP contribution >= 0.6 is 0 Å². The van der Waals surface area contributed by atoms with E-state index in [9.17, 15) is 4.79 Å². The maximum Gasteiger partial charge on any atom is 0.336 e. The van der Waals surface area contributed by atoms with Gasteiger partial charge in [0.1, 0.15) is 0 Å². The van der Waals surface area contributed by atoms with E-state index >= 15 is 0 Å². The van der Waals surface area contributed by atoms with Gasteiger partial charge in [-0.15, -0.1) is 0 Å². The van der Waals surface area contributed by atoms with Crippen LogP contribution in [0.5, 0.6) is 0 Å². The van der Waals surface area contributed by atoms with Crippen molar-refractivity contribution < 1.29 is 18.8 Å². The quantitative estimate of drug-likeness (QED) is 0.331. The molecule has 1 atom stereocenters. The second-order valence-electron chi connectivity index (χ2n) is 5.55. The van der Waals surface area contributed by atoms with Gasteiger partial charge in [-0.25, -0.2) is 4.79 Å². The fraction of sp³-hybridized carbons (Fsp3) is 0.706. The lowest BCUT2D eigenvalue weighted by molar-refractivity contribution is -0.137. The van der Waals surface area contributed by atoms with Crippen LogP contribution in [0.25, 0.3) is 0 Å². The Morgan fingerprint density at radius 2 is 1.83 bits per heavy atom. The molecule has 1 heterocycles. The van der Waals surface area contributed by atoms with Crippen LogP contribution in [0.1, 0.15) is 69.7 Å². The van der Waals surface area contributed by atoms with Gasteiger partial charge in [-0.1, -0.05) is 57.2 Å². The average molecular weight is 324 g/mol. The van der Waals surface area contributed by atoms with Gasteiger partial charge in [0.2, 0.25) is 0 Å². The molecule has 0 spiro atoms. The van der Waals surface area contributed by atoms with Crippen molar-refractivity contribution in [3.05, 3.63) is 23.9 Å². The number of methoxy groups -OCH3 is 2. The standard InChI is InChI=1S/C17H28N2O4/c1-5-6-7-8-9-10-11-12-14-18-16(23-19-14)15(21-3)13(2)17(20)22-4/h15H,2,5-12H2,1,3-4H3. The SMILES string of the molecule is C=C(C(=O)OC)C(OC)c1nc(CCCCCCCCC)no1. The number of aromatic nitrogens is 2. The molecule has 0 aliphatic carbocycles. The van der Waals surface area contributed by atoms with E-state index in [2.05, 4.69) is 28.4 Å². The molecule has 0 aliphatic heterocycles. The highest BCUT2D eigenvalue weighted by atomic mass is 16.5. The molecule has 0 fully saturated rings. The number of aryl methyl sites for hydroxylation is 1. The lowest BCUT2D eigenvalue weighted by atomic mass is 10.1. The maximum absolute atomic E-state index is 11.5. The first-order chi connectivity index (χ1) is 11.1. The Bertz CT molecular complexity index is 485. The van der Waals surface area contributed by atoms with E-state index in [0.29, 0.717) is 5.82 Å². The Kier molecular flexibility index (Phi) is 9.21. The Labute approximate surface area is 138 Å². The molecule has 0 amide bonds. The molecule has 0 N–H and O–H groups in total. The lowest BCUT2D eigenvalue weighted by Gasteiger charge is -2.11. The van der Waals surface area contributed by atoms with Gasteiger partial charge in [0, 0.05) is 13.5 Å². The van der Waals surface area contributed by atoms with Crippen LogP contribution in [-0.4, -0.2) is 30.3 Å². The molecule has 130 valence electrons. The molecule has 0 saturated carbocycles. The molecule has 23 heavy (non-hydrogen) atoms. The highest BCUT2D eigenvalue weighted by Gasteiger charge is 2.26. The topological polar surface area (TPSA) is 74.5 Å². The third-order valence-electron chi connectivity index (χ3n) is 3.71. The highest BCUT2D eigenvalue weighted by molar-refractivity contribution is 5.88. The molecule has 6 heteroatoms. The summed E-state index contributed by atoms with van der Waals surface area (Å²) in [5, 5.41) is 3.94. The Balaban J connectivity index is 2.41. The number of unbranched alkanes of at least 4 members (excludes halogenated alkanes) is 6. The summed E-state index contributed by atoms with van der Waals surface area (Å²) >= 11 is 0. The first-order valence-electron chi connectivity index (χ1n) is 8.26. The molecular formula is C17H28N2O4. The predicted molar refractivity (Wildman–Crippen MR) is 86.9 cm³/mol. The lowest BCUT2D eigenvalue weighted by Crippen LogP contribution is -2.14. The molecule has 0 radical (unpaired) electrons. The molecule has 0 aromatic carbocycles. The smallest absolute Gasteiger partial charge is 0.336 e. The first kappa shape index (κ1) is 19.4. The van der Waals surface area contributed by atoms with E-state index in [1.54, 1.807) is 0 Å². The molecule has 0 aliphatic rings. The van der Waals surface area contributed by atoms with E-state index in [4.69, 9.17) is 9.26 Å². The van der Waals surface area contributed by atoms with Crippen molar-refractivity contribution in [1.82, 2.24) is 10.1 Å². The molecule has 6 nitrogen and oxygen atoms in total. The monoisotopic (exact) mass is 324 g/mol. The normalized spacial score (nSPS) is 12.1. The summed E-state index contributed by atoms with van der Waals surface area (Å²) in [5.41, 5.74) is 0.140. The van der Waals surface area contributed by atoms with Crippen LogP contribution in [0.4, 0.5) is 0 Å². The molecule has 0 bridgehead atoms. The van der Waals surface area contributed by atoms with Crippen molar-refractivity contribution in [2.45, 2.75) is 64.4 Å². The fourth-order valence-electron chi connectivity index (χ4n) is 2.35. The predicted octanol–water partition coefficient (Wildman–Crippen LogP) is 3.78. The third-order valence-corrected chi connectivity index (χ3v) is 3.71. The number of hydrogen-bond donors (Lipinski definition) is 0. The summed E-state index contributed by atoms with van der Waals surface area (Å²) in [7, 11) is 2.75. The molecule has 1 aromatic heterocycles. The van der Waals surface area contributed by atoms with Crippen molar-refractivity contribution in [2.24, 2.45) is 0 Å². The Hall–Kier alpha value is -1.69. The molecule has 1 unspecified atom stereocenters. The summed E-state index contributed by atoms with van der Waals surface area (Å²) in [4.78, 5) is 15.8. The second-order valence-corrected chi connectivity index (χ2v) is 5.55. The fourth-order valence-corrected chi connectivity index (χ4v) is 2.35. The minimum atomic E-state index is -0.766. The van der Waals surface area contributed by atoms with Crippen LogP contribution in [0.15, 0.2) is 16.7 Å². The van der Waals surface area contributed by atoms with Crippen molar-refractivity contribution in [3.8, 4) is 0 Å². The second kappa shape index (κ2) is 10.9. The number of rotatable bonds is 12. The van der Waals surface area contributed by atoms with Gasteiger partial charge in [-0.3, -0.25) is 0 Å². The van der Waals surface area contributed by atoms with Gasteiger partial charge in [-0.05, 0) is 6.42 Å². The minimum Gasteiger partial charge on any atom is -0.466 e. The zero-order chi connectivity index (χ0) is 17.1. The minimum absolute atomic E-state index is 0.140. The zero-order valence-corrected chi connectivity index (χ0v) is 14.5. The van der Waals surface area contributed by atoms with Crippen LogP contribution < -0.4 is 0 Å². The van der Waals surface area contributed by atoms with E-state index in [1.165, 1.54) is 46.3 Å². The van der Waals surface area contributed by atoms with Gasteiger partial charge in [0.25, 0.3) is 5.89 Å².